The fraction of sp³-hybridized carbons (Fsp3) is 0.235. The molecule has 0 fully saturated rings. The van der Waals surface area contributed by atoms with Gasteiger partial charge in [-0.25, -0.2) is 4.98 Å². The number of fused-ring (bicyclic) bond motifs is 2. The smallest absolute Gasteiger partial charge is 0.271 e. The van der Waals surface area contributed by atoms with Crippen molar-refractivity contribution >= 4 is 22.2 Å². The van der Waals surface area contributed by atoms with Gasteiger partial charge >= 0.3 is 0 Å². The number of nitrogens with one attached hydrogen (secondary N) is 1. The first-order chi connectivity index (χ1) is 12.1. The van der Waals surface area contributed by atoms with E-state index in [4.69, 9.17) is 9.47 Å². The lowest BCUT2D eigenvalue weighted by molar-refractivity contribution is 0.0937. The predicted octanol–water partition coefficient (Wildman–Crippen LogP) is 2.02. The van der Waals surface area contributed by atoms with Gasteiger partial charge in [-0.3, -0.25) is 14.0 Å². The van der Waals surface area contributed by atoms with Crippen molar-refractivity contribution < 1.29 is 14.3 Å². The molecule has 25 heavy (non-hydrogen) atoms. The van der Waals surface area contributed by atoms with Gasteiger partial charge in [-0.2, -0.15) is 0 Å². The molecule has 1 atom stereocenters. The zero-order chi connectivity index (χ0) is 17.4. The van der Waals surface area contributed by atoms with Gasteiger partial charge in [-0.15, -0.1) is 11.3 Å². The van der Waals surface area contributed by atoms with Gasteiger partial charge in [0.2, 0.25) is 0 Å². The molecule has 3 aromatic rings. The van der Waals surface area contributed by atoms with Crippen LogP contribution in [0.1, 0.15) is 28.9 Å². The number of aromatic nitrogens is 2. The predicted molar refractivity (Wildman–Crippen MR) is 92.7 cm³/mol. The number of ether oxygens (including phenoxy) is 2. The molecular formula is C17H15N3O4S. The van der Waals surface area contributed by atoms with Gasteiger partial charge in [0.25, 0.3) is 11.5 Å². The van der Waals surface area contributed by atoms with E-state index in [-0.39, 0.29) is 17.2 Å². The summed E-state index contributed by atoms with van der Waals surface area (Å²) in [5, 5.41) is 4.58. The Kier molecular flexibility index (Phi) is 3.89. The number of amides is 1. The Morgan fingerprint density at radius 1 is 1.32 bits per heavy atom. The Labute approximate surface area is 146 Å². The van der Waals surface area contributed by atoms with E-state index < -0.39 is 5.91 Å². The van der Waals surface area contributed by atoms with Crippen molar-refractivity contribution in [2.45, 2.75) is 13.0 Å². The van der Waals surface area contributed by atoms with Crippen molar-refractivity contribution in [3.05, 3.63) is 57.5 Å². The Hall–Kier alpha value is -2.87. The van der Waals surface area contributed by atoms with E-state index in [1.165, 1.54) is 21.9 Å². The Balaban J connectivity index is 1.57. The van der Waals surface area contributed by atoms with E-state index in [0.29, 0.717) is 29.7 Å². The third-order valence-electron chi connectivity index (χ3n) is 4.00. The number of thiazole rings is 1. The number of benzene rings is 1. The highest BCUT2D eigenvalue weighted by Crippen LogP contribution is 2.32. The highest BCUT2D eigenvalue weighted by molar-refractivity contribution is 7.15. The average molecular weight is 357 g/mol. The average Bonchev–Trinajstić information content (AvgIpc) is 3.11. The molecule has 0 spiro atoms. The molecule has 1 amide bonds. The molecule has 0 saturated carbocycles. The topological polar surface area (TPSA) is 81.9 Å². The molecule has 8 heteroatoms. The summed E-state index contributed by atoms with van der Waals surface area (Å²) in [6.45, 7) is 2.87. The first kappa shape index (κ1) is 15.6. The summed E-state index contributed by atoms with van der Waals surface area (Å²) >= 11 is 1.34. The molecule has 0 aliphatic carbocycles. The van der Waals surface area contributed by atoms with Crippen LogP contribution in [0.3, 0.4) is 0 Å². The van der Waals surface area contributed by atoms with Crippen molar-refractivity contribution in [1.29, 1.82) is 0 Å². The van der Waals surface area contributed by atoms with Gasteiger partial charge in [0.15, 0.2) is 16.5 Å². The quantitative estimate of drug-likeness (QED) is 0.775. The van der Waals surface area contributed by atoms with Crippen LogP contribution in [0.2, 0.25) is 0 Å². The third-order valence-corrected chi connectivity index (χ3v) is 4.77. The van der Waals surface area contributed by atoms with Gasteiger partial charge in [-0.1, -0.05) is 6.07 Å². The second kappa shape index (κ2) is 6.21. The molecular weight excluding hydrogens is 342 g/mol. The molecule has 0 saturated heterocycles. The molecule has 1 aromatic carbocycles. The zero-order valence-corrected chi connectivity index (χ0v) is 14.2. The lowest BCUT2D eigenvalue weighted by atomic mass is 10.1. The van der Waals surface area contributed by atoms with Crippen LogP contribution in [0, 0.1) is 0 Å². The highest BCUT2D eigenvalue weighted by Gasteiger charge is 2.19. The van der Waals surface area contributed by atoms with E-state index in [1.54, 1.807) is 11.6 Å². The minimum Gasteiger partial charge on any atom is -0.486 e. The minimum absolute atomic E-state index is 0.0142. The number of nitrogens with zero attached hydrogens (tertiary/aromatic N) is 2. The van der Waals surface area contributed by atoms with Crippen LogP contribution in [0.5, 0.6) is 11.5 Å². The van der Waals surface area contributed by atoms with Crippen molar-refractivity contribution in [3.63, 3.8) is 0 Å². The molecule has 0 unspecified atom stereocenters. The fourth-order valence-corrected chi connectivity index (χ4v) is 3.34. The van der Waals surface area contributed by atoms with Crippen molar-refractivity contribution in [2.75, 3.05) is 13.2 Å². The maximum Gasteiger partial charge on any atom is 0.271 e. The SMILES string of the molecule is C[C@@H](NC(=O)c1cnc2sccn2c1=O)c1ccc2c(c1)OCCO2. The summed E-state index contributed by atoms with van der Waals surface area (Å²) < 4.78 is 12.4. The summed E-state index contributed by atoms with van der Waals surface area (Å²) in [5.41, 5.74) is 0.501. The standard InChI is InChI=1S/C17H15N3O4S/c1-10(11-2-3-13-14(8-11)24-6-5-23-13)19-15(21)12-9-18-17-20(16(12)22)4-7-25-17/h2-4,7-10H,5-6H2,1H3,(H,19,21)/t10-/m1/s1. The van der Waals surface area contributed by atoms with Gasteiger partial charge in [0.05, 0.1) is 6.04 Å². The van der Waals surface area contributed by atoms with Gasteiger partial charge in [-0.05, 0) is 24.6 Å². The largest absolute Gasteiger partial charge is 0.486 e. The van der Waals surface area contributed by atoms with Crippen molar-refractivity contribution in [3.8, 4) is 11.5 Å². The van der Waals surface area contributed by atoms with Crippen LogP contribution < -0.4 is 20.3 Å². The van der Waals surface area contributed by atoms with Gasteiger partial charge in [0, 0.05) is 17.8 Å². The molecule has 2 aromatic heterocycles. The molecule has 0 bridgehead atoms. The highest BCUT2D eigenvalue weighted by atomic mass is 32.1. The van der Waals surface area contributed by atoms with E-state index in [2.05, 4.69) is 10.3 Å². The number of carbonyl (C=O) groups excluding carboxylic acids is 1. The lowest BCUT2D eigenvalue weighted by Crippen LogP contribution is -2.32. The summed E-state index contributed by atoms with van der Waals surface area (Å²) in [7, 11) is 0. The van der Waals surface area contributed by atoms with Crippen LogP contribution in [-0.2, 0) is 0 Å². The van der Waals surface area contributed by atoms with Crippen LogP contribution in [0.15, 0.2) is 40.8 Å². The molecule has 0 radical (unpaired) electrons. The molecule has 1 N–H and O–H groups in total. The summed E-state index contributed by atoms with van der Waals surface area (Å²) in [5.74, 6) is 0.894. The Morgan fingerprint density at radius 2 is 2.12 bits per heavy atom. The van der Waals surface area contributed by atoms with Crippen LogP contribution >= 0.6 is 11.3 Å². The first-order valence-electron chi connectivity index (χ1n) is 7.79. The maximum atomic E-state index is 12.5. The van der Waals surface area contributed by atoms with E-state index in [9.17, 15) is 9.59 Å². The fourth-order valence-electron chi connectivity index (χ4n) is 2.67. The van der Waals surface area contributed by atoms with E-state index >= 15 is 0 Å². The second-order valence-corrected chi connectivity index (χ2v) is 6.50. The second-order valence-electron chi connectivity index (χ2n) is 5.63. The third kappa shape index (κ3) is 2.85. The van der Waals surface area contributed by atoms with Crippen LogP contribution in [-0.4, -0.2) is 28.5 Å². The van der Waals surface area contributed by atoms with Crippen molar-refractivity contribution in [2.24, 2.45) is 0 Å². The van der Waals surface area contributed by atoms with Crippen LogP contribution in [0.4, 0.5) is 0 Å². The number of rotatable bonds is 3. The maximum absolute atomic E-state index is 12.5. The zero-order valence-electron chi connectivity index (χ0n) is 13.4. The number of hydrogen-bond acceptors (Lipinski definition) is 6. The molecule has 1 aliphatic rings. The molecule has 1 aliphatic heterocycles. The lowest BCUT2D eigenvalue weighted by Gasteiger charge is -2.21. The molecule has 3 heterocycles. The number of hydrogen-bond donors (Lipinski definition) is 1. The summed E-state index contributed by atoms with van der Waals surface area (Å²) in [4.78, 5) is 29.6. The van der Waals surface area contributed by atoms with Gasteiger partial charge in [0.1, 0.15) is 18.8 Å². The number of carbonyl (C=O) groups is 1. The van der Waals surface area contributed by atoms with Crippen LogP contribution in [0.25, 0.3) is 4.96 Å². The summed E-state index contributed by atoms with van der Waals surface area (Å²) in [6, 6.07) is 5.23. The molecule has 7 nitrogen and oxygen atoms in total. The first-order valence-corrected chi connectivity index (χ1v) is 8.67. The Bertz CT molecular complexity index is 1010. The monoisotopic (exact) mass is 357 g/mol. The summed E-state index contributed by atoms with van der Waals surface area (Å²) in [6.07, 6.45) is 2.93. The Morgan fingerprint density at radius 3 is 2.96 bits per heavy atom. The van der Waals surface area contributed by atoms with Crippen molar-refractivity contribution in [1.82, 2.24) is 14.7 Å². The van der Waals surface area contributed by atoms with Gasteiger partial charge < -0.3 is 14.8 Å². The normalized spacial score (nSPS) is 14.3. The molecule has 128 valence electrons. The van der Waals surface area contributed by atoms with E-state index in [0.717, 1.165) is 5.56 Å². The minimum atomic E-state index is -0.458. The van der Waals surface area contributed by atoms with E-state index in [1.807, 2.05) is 25.1 Å². The molecule has 4 rings (SSSR count).